The molecule has 0 bridgehead atoms. The van der Waals surface area contributed by atoms with Crippen LogP contribution in [-0.4, -0.2) is 48.9 Å². The minimum atomic E-state index is -0.279. The number of hydrogen-bond donors (Lipinski definition) is 1. The van der Waals surface area contributed by atoms with E-state index < -0.39 is 0 Å². The number of likely N-dealkylation sites (tertiary alicyclic amines) is 1. The van der Waals surface area contributed by atoms with Crippen molar-refractivity contribution in [3.8, 4) is 0 Å². The second kappa shape index (κ2) is 8.42. The Morgan fingerprint density at radius 1 is 1.07 bits per heavy atom. The second-order valence-corrected chi connectivity index (χ2v) is 7.96. The first-order valence-electron chi connectivity index (χ1n) is 9.68. The molecule has 2 unspecified atom stereocenters. The molecule has 2 aromatic rings. The van der Waals surface area contributed by atoms with E-state index in [9.17, 15) is 9.59 Å². The van der Waals surface area contributed by atoms with Gasteiger partial charge in [0.15, 0.2) is 0 Å². The zero-order chi connectivity index (χ0) is 20.3. The van der Waals surface area contributed by atoms with Gasteiger partial charge in [0.05, 0.1) is 16.8 Å². The highest BCUT2D eigenvalue weighted by atomic mass is 16.2. The number of benzene rings is 1. The molecule has 6 heteroatoms. The summed E-state index contributed by atoms with van der Waals surface area (Å²) in [4.78, 5) is 33.8. The maximum absolute atomic E-state index is 13.1. The summed E-state index contributed by atoms with van der Waals surface area (Å²) in [5.74, 6) is 1.43. The Bertz CT molecular complexity index is 838. The molecule has 1 aromatic heterocycles. The predicted octanol–water partition coefficient (Wildman–Crippen LogP) is 3.52. The lowest BCUT2D eigenvalue weighted by Gasteiger charge is -2.35. The highest BCUT2D eigenvalue weighted by Crippen LogP contribution is 2.25. The van der Waals surface area contributed by atoms with Gasteiger partial charge in [0, 0.05) is 33.4 Å². The van der Waals surface area contributed by atoms with Crippen molar-refractivity contribution in [1.82, 2.24) is 9.88 Å². The molecular weight excluding hydrogens is 352 g/mol. The van der Waals surface area contributed by atoms with Crippen molar-refractivity contribution in [2.45, 2.75) is 20.3 Å². The van der Waals surface area contributed by atoms with Crippen LogP contribution in [0, 0.1) is 11.8 Å². The lowest BCUT2D eigenvalue weighted by molar-refractivity contribution is 0.0624. The molecule has 28 heavy (non-hydrogen) atoms. The van der Waals surface area contributed by atoms with Crippen LogP contribution in [0.25, 0.3) is 0 Å². The van der Waals surface area contributed by atoms with Crippen LogP contribution in [0.4, 0.5) is 11.5 Å². The van der Waals surface area contributed by atoms with Crippen molar-refractivity contribution in [2.24, 2.45) is 11.8 Å². The van der Waals surface area contributed by atoms with Crippen molar-refractivity contribution in [3.05, 3.63) is 53.7 Å². The summed E-state index contributed by atoms with van der Waals surface area (Å²) in [6.07, 6.45) is 2.68. The number of piperidine rings is 1. The van der Waals surface area contributed by atoms with Crippen LogP contribution < -0.4 is 10.2 Å². The molecule has 1 aromatic carbocycles. The van der Waals surface area contributed by atoms with Crippen LogP contribution >= 0.6 is 0 Å². The van der Waals surface area contributed by atoms with Crippen molar-refractivity contribution in [1.29, 1.82) is 0 Å². The highest BCUT2D eigenvalue weighted by molar-refractivity contribution is 6.09. The largest absolute Gasteiger partial charge is 0.363 e. The van der Waals surface area contributed by atoms with Gasteiger partial charge in [-0.2, -0.15) is 0 Å². The van der Waals surface area contributed by atoms with E-state index in [4.69, 9.17) is 0 Å². The van der Waals surface area contributed by atoms with Gasteiger partial charge in [0.2, 0.25) is 0 Å². The first-order valence-corrected chi connectivity index (χ1v) is 9.68. The Kier molecular flexibility index (Phi) is 5.97. The van der Waals surface area contributed by atoms with Gasteiger partial charge in [-0.25, -0.2) is 4.98 Å². The van der Waals surface area contributed by atoms with E-state index in [-0.39, 0.29) is 11.8 Å². The van der Waals surface area contributed by atoms with Gasteiger partial charge in [-0.15, -0.1) is 0 Å². The van der Waals surface area contributed by atoms with E-state index in [1.54, 1.807) is 30.5 Å². The monoisotopic (exact) mass is 380 g/mol. The molecule has 0 saturated carbocycles. The predicted molar refractivity (Wildman–Crippen MR) is 112 cm³/mol. The van der Waals surface area contributed by atoms with Crippen molar-refractivity contribution in [2.75, 3.05) is 37.4 Å². The molecule has 0 radical (unpaired) electrons. The van der Waals surface area contributed by atoms with Crippen molar-refractivity contribution < 1.29 is 9.59 Å². The number of hydrogen-bond acceptors (Lipinski definition) is 4. The molecule has 1 aliphatic heterocycles. The molecule has 1 fully saturated rings. The maximum Gasteiger partial charge on any atom is 0.257 e. The van der Waals surface area contributed by atoms with Crippen LogP contribution in [0.15, 0.2) is 42.6 Å². The standard InChI is InChI=1S/C22H28N4O2/c1-15-11-16(2)14-26(13-15)22(28)18-7-5-6-8-19(18)24-21(27)17-9-10-20(23-12-17)25(3)4/h5-10,12,15-16H,11,13-14H2,1-4H3,(H,24,27). The first kappa shape index (κ1) is 19.9. The number of carbonyl (C=O) groups is 2. The number of rotatable bonds is 4. The van der Waals surface area contributed by atoms with Gasteiger partial charge in [-0.3, -0.25) is 9.59 Å². The molecule has 0 spiro atoms. The molecule has 0 aliphatic carbocycles. The molecular formula is C22H28N4O2. The average Bonchev–Trinajstić information content (AvgIpc) is 2.67. The van der Waals surface area contributed by atoms with Gasteiger partial charge in [0.1, 0.15) is 5.82 Å². The Hall–Kier alpha value is -2.89. The van der Waals surface area contributed by atoms with E-state index in [0.717, 1.165) is 25.3 Å². The minimum Gasteiger partial charge on any atom is -0.363 e. The molecule has 148 valence electrons. The van der Waals surface area contributed by atoms with Gasteiger partial charge in [-0.05, 0) is 42.5 Å². The third-order valence-corrected chi connectivity index (χ3v) is 5.03. The highest BCUT2D eigenvalue weighted by Gasteiger charge is 2.27. The minimum absolute atomic E-state index is 0.0321. The van der Waals surface area contributed by atoms with E-state index >= 15 is 0 Å². The summed E-state index contributed by atoms with van der Waals surface area (Å²) in [6.45, 7) is 5.85. The number of para-hydroxylation sites is 1. The molecule has 3 rings (SSSR count). The third-order valence-electron chi connectivity index (χ3n) is 5.03. The number of nitrogens with zero attached hydrogens (tertiary/aromatic N) is 3. The van der Waals surface area contributed by atoms with E-state index in [1.165, 1.54) is 0 Å². The fourth-order valence-electron chi connectivity index (χ4n) is 3.76. The Labute approximate surface area is 166 Å². The quantitative estimate of drug-likeness (QED) is 0.881. The number of aromatic nitrogens is 1. The molecule has 6 nitrogen and oxygen atoms in total. The summed E-state index contributed by atoms with van der Waals surface area (Å²) in [5, 5.41) is 2.88. The number of pyridine rings is 1. The average molecular weight is 380 g/mol. The topological polar surface area (TPSA) is 65.5 Å². The van der Waals surface area contributed by atoms with Gasteiger partial charge < -0.3 is 15.1 Å². The number of amides is 2. The van der Waals surface area contributed by atoms with Gasteiger partial charge in [-0.1, -0.05) is 26.0 Å². The summed E-state index contributed by atoms with van der Waals surface area (Å²) in [5.41, 5.74) is 1.50. The van der Waals surface area contributed by atoms with Crippen molar-refractivity contribution >= 4 is 23.3 Å². The second-order valence-electron chi connectivity index (χ2n) is 7.96. The van der Waals surface area contributed by atoms with Crippen LogP contribution in [0.2, 0.25) is 0 Å². The Balaban J connectivity index is 1.78. The van der Waals surface area contributed by atoms with Crippen LogP contribution in [-0.2, 0) is 0 Å². The number of carbonyl (C=O) groups excluding carboxylic acids is 2. The molecule has 2 atom stereocenters. The van der Waals surface area contributed by atoms with Crippen LogP contribution in [0.5, 0.6) is 0 Å². The third kappa shape index (κ3) is 4.50. The molecule has 2 heterocycles. The lowest BCUT2D eigenvalue weighted by atomic mass is 9.91. The summed E-state index contributed by atoms with van der Waals surface area (Å²) < 4.78 is 0. The number of nitrogens with one attached hydrogen (secondary N) is 1. The van der Waals surface area contributed by atoms with Crippen LogP contribution in [0.1, 0.15) is 41.0 Å². The molecule has 2 amide bonds. The van der Waals surface area contributed by atoms with Crippen LogP contribution in [0.3, 0.4) is 0 Å². The fraction of sp³-hybridized carbons (Fsp3) is 0.409. The fourth-order valence-corrected chi connectivity index (χ4v) is 3.76. The zero-order valence-electron chi connectivity index (χ0n) is 17.0. The zero-order valence-corrected chi connectivity index (χ0v) is 17.0. The van der Waals surface area contributed by atoms with Crippen molar-refractivity contribution in [3.63, 3.8) is 0 Å². The van der Waals surface area contributed by atoms with E-state index in [1.807, 2.05) is 36.0 Å². The summed E-state index contributed by atoms with van der Waals surface area (Å²) >= 11 is 0. The van der Waals surface area contributed by atoms with Gasteiger partial charge >= 0.3 is 0 Å². The summed E-state index contributed by atoms with van der Waals surface area (Å²) in [7, 11) is 3.79. The molecule has 1 aliphatic rings. The van der Waals surface area contributed by atoms with Gasteiger partial charge in [0.25, 0.3) is 11.8 Å². The molecule has 1 N–H and O–H groups in total. The lowest BCUT2D eigenvalue weighted by Crippen LogP contribution is -2.42. The Morgan fingerprint density at radius 3 is 2.36 bits per heavy atom. The summed E-state index contributed by atoms with van der Waals surface area (Å²) in [6, 6.07) is 10.7. The molecule has 1 saturated heterocycles. The number of anilines is 2. The smallest absolute Gasteiger partial charge is 0.257 e. The SMILES string of the molecule is CC1CC(C)CN(C(=O)c2ccccc2NC(=O)c2ccc(N(C)C)nc2)C1. The maximum atomic E-state index is 13.1. The normalized spacial score (nSPS) is 19.2. The van der Waals surface area contributed by atoms with E-state index in [2.05, 4.69) is 24.1 Å². The van der Waals surface area contributed by atoms with E-state index in [0.29, 0.717) is 28.7 Å². The Morgan fingerprint density at radius 2 is 1.75 bits per heavy atom. The first-order chi connectivity index (χ1) is 13.3.